The van der Waals surface area contributed by atoms with Gasteiger partial charge in [-0.15, -0.1) is 0 Å². The number of rotatable bonds is 4. The minimum absolute atomic E-state index is 0.158. The van der Waals surface area contributed by atoms with E-state index in [1.54, 1.807) is 13.0 Å². The van der Waals surface area contributed by atoms with E-state index >= 15 is 0 Å². The molecule has 0 aromatic carbocycles. The Labute approximate surface area is 110 Å². The molecule has 1 unspecified atom stereocenters. The van der Waals surface area contributed by atoms with Crippen LogP contribution in [0.1, 0.15) is 26.0 Å². The second-order valence-electron chi connectivity index (χ2n) is 4.01. The molecule has 5 heteroatoms. The van der Waals surface area contributed by atoms with Gasteiger partial charge in [0.05, 0.1) is 11.4 Å². The molecule has 0 aliphatic heterocycles. The van der Waals surface area contributed by atoms with Gasteiger partial charge in [-0.2, -0.15) is 0 Å². The molecule has 17 heavy (non-hydrogen) atoms. The van der Waals surface area contributed by atoms with E-state index in [2.05, 4.69) is 26.2 Å². The lowest BCUT2D eigenvalue weighted by atomic mass is 10.0. The summed E-state index contributed by atoms with van der Waals surface area (Å²) in [7, 11) is 1.54. The van der Waals surface area contributed by atoms with E-state index in [-0.39, 0.29) is 5.91 Å². The molecule has 1 atom stereocenters. The van der Waals surface area contributed by atoms with E-state index in [1.807, 2.05) is 19.9 Å². The van der Waals surface area contributed by atoms with E-state index in [0.717, 1.165) is 10.3 Å². The summed E-state index contributed by atoms with van der Waals surface area (Å²) in [4.78, 5) is 16.3. The Balaban J connectivity index is 2.88. The summed E-state index contributed by atoms with van der Waals surface area (Å²) in [6.45, 7) is 5.52. The molecule has 0 fully saturated rings. The Morgan fingerprint density at radius 3 is 2.71 bits per heavy atom. The van der Waals surface area contributed by atoms with Crippen molar-refractivity contribution < 1.29 is 9.53 Å². The van der Waals surface area contributed by atoms with E-state index in [0.29, 0.717) is 12.1 Å². The van der Waals surface area contributed by atoms with Crippen LogP contribution in [0.4, 0.5) is 5.69 Å². The lowest BCUT2D eigenvalue weighted by Crippen LogP contribution is -2.41. The average Bonchev–Trinajstić information content (AvgIpc) is 2.31. The fraction of sp³-hybridized carbons (Fsp3) is 0.500. The Morgan fingerprint density at radius 1 is 1.59 bits per heavy atom. The van der Waals surface area contributed by atoms with Crippen molar-refractivity contribution >= 4 is 27.5 Å². The predicted molar refractivity (Wildman–Crippen MR) is 71.0 cm³/mol. The van der Waals surface area contributed by atoms with Gasteiger partial charge in [0.2, 0.25) is 0 Å². The number of amides is 1. The van der Waals surface area contributed by atoms with Gasteiger partial charge in [0.1, 0.15) is 10.2 Å². The maximum absolute atomic E-state index is 12.1. The summed E-state index contributed by atoms with van der Waals surface area (Å²) in [6, 6.07) is 3.61. The highest BCUT2D eigenvalue weighted by atomic mass is 79.9. The van der Waals surface area contributed by atoms with Gasteiger partial charge in [0.15, 0.2) is 0 Å². The summed E-state index contributed by atoms with van der Waals surface area (Å²) in [5.41, 5.74) is 0.664. The quantitative estimate of drug-likeness (QED) is 0.870. The number of pyridine rings is 1. The monoisotopic (exact) mass is 300 g/mol. The highest BCUT2D eigenvalue weighted by molar-refractivity contribution is 9.10. The highest BCUT2D eigenvalue weighted by Gasteiger charge is 2.31. The summed E-state index contributed by atoms with van der Waals surface area (Å²) in [5.74, 6) is -0.158. The minimum Gasteiger partial charge on any atom is -0.369 e. The molecule has 0 radical (unpaired) electrons. The third-order valence-electron chi connectivity index (χ3n) is 2.91. The van der Waals surface area contributed by atoms with Crippen molar-refractivity contribution in [3.05, 3.63) is 22.4 Å². The molecule has 0 aliphatic rings. The molecule has 4 nitrogen and oxygen atoms in total. The Bertz CT molecular complexity index is 417. The number of hydrogen-bond acceptors (Lipinski definition) is 3. The molecule has 0 bridgehead atoms. The number of hydrogen-bond donors (Lipinski definition) is 1. The van der Waals surface area contributed by atoms with Crippen LogP contribution in [-0.2, 0) is 9.53 Å². The SMILES string of the molecule is CCC(C)(OC)C(=O)Nc1ccc(Br)nc1C. The second-order valence-corrected chi connectivity index (χ2v) is 4.82. The van der Waals surface area contributed by atoms with Crippen molar-refractivity contribution in [1.29, 1.82) is 0 Å². The molecular weight excluding hydrogens is 284 g/mol. The van der Waals surface area contributed by atoms with E-state index < -0.39 is 5.60 Å². The topological polar surface area (TPSA) is 51.2 Å². The zero-order valence-corrected chi connectivity index (χ0v) is 12.1. The summed E-state index contributed by atoms with van der Waals surface area (Å²) < 4.78 is 5.99. The standard InChI is InChI=1S/C12H17BrN2O2/c1-5-12(3,17-4)11(16)15-9-6-7-10(13)14-8(9)2/h6-7H,5H2,1-4H3,(H,15,16). The van der Waals surface area contributed by atoms with Crippen LogP contribution in [0.15, 0.2) is 16.7 Å². The average molecular weight is 301 g/mol. The number of carbonyl (C=O) groups is 1. The van der Waals surface area contributed by atoms with Gasteiger partial charge in [-0.3, -0.25) is 4.79 Å². The molecule has 1 rings (SSSR count). The predicted octanol–water partition coefficient (Wildman–Crippen LogP) is 2.91. The second kappa shape index (κ2) is 5.60. The molecule has 0 saturated heterocycles. The number of halogens is 1. The lowest BCUT2D eigenvalue weighted by molar-refractivity contribution is -0.136. The molecule has 1 amide bonds. The van der Waals surface area contributed by atoms with Crippen LogP contribution in [0.5, 0.6) is 0 Å². The highest BCUT2D eigenvalue weighted by Crippen LogP contribution is 2.20. The first kappa shape index (κ1) is 14.1. The number of aromatic nitrogens is 1. The summed E-state index contributed by atoms with van der Waals surface area (Å²) >= 11 is 3.28. The van der Waals surface area contributed by atoms with Crippen LogP contribution in [0, 0.1) is 6.92 Å². The van der Waals surface area contributed by atoms with E-state index in [9.17, 15) is 4.79 Å². The van der Waals surface area contributed by atoms with Crippen molar-refractivity contribution in [2.75, 3.05) is 12.4 Å². The van der Waals surface area contributed by atoms with Crippen LogP contribution in [-0.4, -0.2) is 23.6 Å². The first-order chi connectivity index (χ1) is 7.92. The van der Waals surface area contributed by atoms with Crippen LogP contribution in [0.3, 0.4) is 0 Å². The van der Waals surface area contributed by atoms with E-state index in [1.165, 1.54) is 7.11 Å². The number of carbonyl (C=O) groups excluding carboxylic acids is 1. The maximum Gasteiger partial charge on any atom is 0.256 e. The van der Waals surface area contributed by atoms with Gasteiger partial charge in [0.25, 0.3) is 5.91 Å². The van der Waals surface area contributed by atoms with Crippen molar-refractivity contribution in [3.63, 3.8) is 0 Å². The first-order valence-corrected chi connectivity index (χ1v) is 6.22. The molecule has 0 saturated carbocycles. The Morgan fingerprint density at radius 2 is 2.24 bits per heavy atom. The maximum atomic E-state index is 12.1. The summed E-state index contributed by atoms with van der Waals surface area (Å²) in [6.07, 6.45) is 0.609. The molecule has 1 heterocycles. The number of aryl methyl sites for hydroxylation is 1. The molecule has 1 aromatic heterocycles. The van der Waals surface area contributed by atoms with Gasteiger partial charge in [0, 0.05) is 7.11 Å². The fourth-order valence-corrected chi connectivity index (χ4v) is 1.71. The molecule has 1 aromatic rings. The van der Waals surface area contributed by atoms with Crippen LogP contribution in [0.2, 0.25) is 0 Å². The normalized spacial score (nSPS) is 14.2. The smallest absolute Gasteiger partial charge is 0.256 e. The molecular formula is C12H17BrN2O2. The number of nitrogens with one attached hydrogen (secondary N) is 1. The number of ether oxygens (including phenoxy) is 1. The van der Waals surface area contributed by atoms with Gasteiger partial charge < -0.3 is 10.1 Å². The molecule has 0 aliphatic carbocycles. The summed E-state index contributed by atoms with van der Waals surface area (Å²) in [5, 5.41) is 2.83. The van der Waals surface area contributed by atoms with Gasteiger partial charge in [-0.1, -0.05) is 6.92 Å². The van der Waals surface area contributed by atoms with Gasteiger partial charge in [-0.25, -0.2) is 4.98 Å². The van der Waals surface area contributed by atoms with Gasteiger partial charge in [-0.05, 0) is 48.3 Å². The first-order valence-electron chi connectivity index (χ1n) is 5.42. The van der Waals surface area contributed by atoms with Crippen LogP contribution < -0.4 is 5.32 Å². The van der Waals surface area contributed by atoms with Crippen LogP contribution in [0.25, 0.3) is 0 Å². The number of anilines is 1. The lowest BCUT2D eigenvalue weighted by Gasteiger charge is -2.25. The largest absolute Gasteiger partial charge is 0.369 e. The molecule has 94 valence electrons. The third-order valence-corrected chi connectivity index (χ3v) is 3.35. The number of nitrogens with zero attached hydrogens (tertiary/aromatic N) is 1. The van der Waals surface area contributed by atoms with E-state index in [4.69, 9.17) is 4.74 Å². The van der Waals surface area contributed by atoms with Crippen LogP contribution >= 0.6 is 15.9 Å². The van der Waals surface area contributed by atoms with Crippen molar-refractivity contribution in [3.8, 4) is 0 Å². The van der Waals surface area contributed by atoms with Crippen molar-refractivity contribution in [1.82, 2.24) is 4.98 Å². The minimum atomic E-state index is -0.806. The molecule has 0 spiro atoms. The zero-order valence-electron chi connectivity index (χ0n) is 10.5. The fourth-order valence-electron chi connectivity index (χ4n) is 1.31. The Hall–Kier alpha value is -0.940. The Kier molecular flexibility index (Phi) is 4.65. The molecule has 1 N–H and O–H groups in total. The number of methoxy groups -OCH3 is 1. The van der Waals surface area contributed by atoms with Crippen molar-refractivity contribution in [2.45, 2.75) is 32.8 Å². The van der Waals surface area contributed by atoms with Crippen molar-refractivity contribution in [2.24, 2.45) is 0 Å². The zero-order chi connectivity index (χ0) is 13.1. The third kappa shape index (κ3) is 3.26. The van der Waals surface area contributed by atoms with Gasteiger partial charge >= 0.3 is 0 Å².